The van der Waals surface area contributed by atoms with E-state index in [1.807, 2.05) is 0 Å². The standard InChI is InChI=1S/C22H29N2O8P/c1-14(2)30-22(27)15(3)24-33(28,32-17-9-5-4-6-10-17)29-13-18-19(25)20(26)21(31-18)16-8-7-11-23-12-16/h4-12,14-15,18-21,25-26H,13H2,1-3H3,(H,24,28)/t15-,18?,19+,20+,21?,33-/m0/s1. The van der Waals surface area contributed by atoms with E-state index in [4.69, 9.17) is 18.5 Å². The number of carbonyl (C=O) groups excluding carboxylic acids is 1. The van der Waals surface area contributed by atoms with E-state index >= 15 is 0 Å². The quantitative estimate of drug-likeness (QED) is 0.343. The minimum Gasteiger partial charge on any atom is -0.462 e. The molecule has 6 atom stereocenters. The summed E-state index contributed by atoms with van der Waals surface area (Å²) in [5.74, 6) is -0.381. The Morgan fingerprint density at radius 1 is 1.15 bits per heavy atom. The number of hydrogen-bond acceptors (Lipinski definition) is 9. The molecule has 2 heterocycles. The second-order valence-electron chi connectivity index (χ2n) is 7.90. The molecule has 33 heavy (non-hydrogen) atoms. The largest absolute Gasteiger partial charge is 0.462 e. The van der Waals surface area contributed by atoms with Crippen molar-refractivity contribution in [2.24, 2.45) is 0 Å². The first-order chi connectivity index (χ1) is 15.7. The van der Waals surface area contributed by atoms with Gasteiger partial charge in [0.25, 0.3) is 0 Å². The van der Waals surface area contributed by atoms with Gasteiger partial charge in [0.1, 0.15) is 36.2 Å². The molecule has 2 unspecified atom stereocenters. The molecule has 1 saturated heterocycles. The van der Waals surface area contributed by atoms with Gasteiger partial charge in [-0.1, -0.05) is 24.3 Å². The number of nitrogens with zero attached hydrogens (tertiary/aromatic N) is 1. The average Bonchev–Trinajstić information content (AvgIpc) is 3.07. The van der Waals surface area contributed by atoms with Crippen molar-refractivity contribution >= 4 is 13.7 Å². The highest BCUT2D eigenvalue weighted by atomic mass is 31.2. The Morgan fingerprint density at radius 2 is 1.88 bits per heavy atom. The molecule has 1 fully saturated rings. The Morgan fingerprint density at radius 3 is 2.52 bits per heavy atom. The van der Waals surface area contributed by atoms with Crippen LogP contribution in [0.25, 0.3) is 0 Å². The maximum Gasteiger partial charge on any atom is 0.459 e. The van der Waals surface area contributed by atoms with Crippen LogP contribution in [0.4, 0.5) is 0 Å². The summed E-state index contributed by atoms with van der Waals surface area (Å²) in [6, 6.07) is 10.7. The molecule has 1 aliphatic heterocycles. The van der Waals surface area contributed by atoms with Gasteiger partial charge in [0.05, 0.1) is 12.7 Å². The summed E-state index contributed by atoms with van der Waals surface area (Å²) in [5.41, 5.74) is 0.582. The van der Waals surface area contributed by atoms with Crippen molar-refractivity contribution in [2.45, 2.75) is 57.3 Å². The number of aromatic nitrogens is 1. The maximum atomic E-state index is 13.5. The van der Waals surface area contributed by atoms with Gasteiger partial charge in [-0.2, -0.15) is 5.09 Å². The van der Waals surface area contributed by atoms with Crippen molar-refractivity contribution in [3.05, 3.63) is 60.4 Å². The molecule has 0 radical (unpaired) electrons. The second kappa shape index (κ2) is 11.2. The van der Waals surface area contributed by atoms with Gasteiger partial charge >= 0.3 is 13.7 Å². The van der Waals surface area contributed by atoms with Crippen molar-refractivity contribution in [3.8, 4) is 5.75 Å². The van der Waals surface area contributed by atoms with E-state index in [0.717, 1.165) is 0 Å². The fraction of sp³-hybridized carbons (Fsp3) is 0.455. The molecule has 0 amide bonds. The lowest BCUT2D eigenvalue weighted by Gasteiger charge is -2.25. The van der Waals surface area contributed by atoms with Crippen LogP contribution in [0.5, 0.6) is 5.75 Å². The maximum absolute atomic E-state index is 13.5. The van der Waals surface area contributed by atoms with Crippen molar-refractivity contribution in [1.29, 1.82) is 0 Å². The van der Waals surface area contributed by atoms with Crippen molar-refractivity contribution in [1.82, 2.24) is 10.1 Å². The normalized spacial score (nSPS) is 25.4. The third-order valence-corrected chi connectivity index (χ3v) is 6.45. The molecule has 1 aliphatic rings. The molecular weight excluding hydrogens is 451 g/mol. The molecule has 0 bridgehead atoms. The number of nitrogens with one attached hydrogen (secondary N) is 1. The number of aliphatic hydroxyl groups is 2. The molecule has 1 aromatic carbocycles. The third-order valence-electron chi connectivity index (χ3n) is 4.81. The molecule has 3 rings (SSSR count). The van der Waals surface area contributed by atoms with Crippen molar-refractivity contribution < 1.29 is 38.1 Å². The first-order valence-corrected chi connectivity index (χ1v) is 12.1. The van der Waals surface area contributed by atoms with Crippen LogP contribution in [-0.4, -0.2) is 58.2 Å². The van der Waals surface area contributed by atoms with E-state index in [2.05, 4.69) is 10.1 Å². The van der Waals surface area contributed by atoms with E-state index in [1.54, 1.807) is 62.5 Å². The van der Waals surface area contributed by atoms with Crippen LogP contribution in [-0.2, 0) is 23.4 Å². The molecule has 2 aromatic rings. The van der Waals surface area contributed by atoms with Crippen LogP contribution in [0.15, 0.2) is 54.9 Å². The summed E-state index contributed by atoms with van der Waals surface area (Å²) in [6.07, 6.45) is -1.62. The number of pyridine rings is 1. The number of esters is 1. The zero-order chi connectivity index (χ0) is 24.0. The number of hydrogen-bond donors (Lipinski definition) is 3. The summed E-state index contributed by atoms with van der Waals surface area (Å²) in [5, 5.41) is 23.4. The van der Waals surface area contributed by atoms with E-state index in [0.29, 0.717) is 5.56 Å². The average molecular weight is 480 g/mol. The minimum atomic E-state index is -4.12. The topological polar surface area (TPSA) is 136 Å². The number of carbonyl (C=O) groups is 1. The molecule has 10 nitrogen and oxygen atoms in total. The van der Waals surface area contributed by atoms with Gasteiger partial charge in [-0.05, 0) is 39.0 Å². The lowest BCUT2D eigenvalue weighted by molar-refractivity contribution is -0.149. The molecule has 11 heteroatoms. The number of benzene rings is 1. The van der Waals surface area contributed by atoms with Crippen LogP contribution in [0.2, 0.25) is 0 Å². The summed E-state index contributed by atoms with van der Waals surface area (Å²) in [4.78, 5) is 16.2. The predicted octanol–water partition coefficient (Wildman–Crippen LogP) is 2.38. The summed E-state index contributed by atoms with van der Waals surface area (Å²) in [6.45, 7) is 4.49. The highest BCUT2D eigenvalue weighted by Gasteiger charge is 2.45. The third kappa shape index (κ3) is 6.83. The fourth-order valence-electron chi connectivity index (χ4n) is 3.21. The molecule has 3 N–H and O–H groups in total. The number of para-hydroxylation sites is 1. The molecule has 0 spiro atoms. The van der Waals surface area contributed by atoms with Crippen LogP contribution in [0.1, 0.15) is 32.4 Å². The Balaban J connectivity index is 1.71. The molecule has 180 valence electrons. The second-order valence-corrected chi connectivity index (χ2v) is 9.59. The minimum absolute atomic E-state index is 0.249. The summed E-state index contributed by atoms with van der Waals surface area (Å²) in [7, 11) is -4.12. The zero-order valence-electron chi connectivity index (χ0n) is 18.6. The predicted molar refractivity (Wildman–Crippen MR) is 118 cm³/mol. The number of rotatable bonds is 10. The first kappa shape index (κ1) is 25.3. The van der Waals surface area contributed by atoms with Gasteiger partial charge in [0.15, 0.2) is 0 Å². The van der Waals surface area contributed by atoms with Crippen LogP contribution < -0.4 is 9.61 Å². The Kier molecular flexibility index (Phi) is 8.58. The highest BCUT2D eigenvalue weighted by molar-refractivity contribution is 7.52. The van der Waals surface area contributed by atoms with Crippen LogP contribution in [0.3, 0.4) is 0 Å². The zero-order valence-corrected chi connectivity index (χ0v) is 19.5. The fourth-order valence-corrected chi connectivity index (χ4v) is 4.71. The van der Waals surface area contributed by atoms with E-state index in [1.165, 1.54) is 13.1 Å². The lowest BCUT2D eigenvalue weighted by atomic mass is 10.0. The van der Waals surface area contributed by atoms with E-state index < -0.39 is 44.2 Å². The first-order valence-electron chi connectivity index (χ1n) is 10.6. The Hall–Kier alpha value is -2.33. The Labute approximate surface area is 192 Å². The van der Waals surface area contributed by atoms with Crippen LogP contribution in [0, 0.1) is 0 Å². The van der Waals surface area contributed by atoms with Gasteiger partial charge in [0.2, 0.25) is 0 Å². The van der Waals surface area contributed by atoms with Gasteiger partial charge in [0, 0.05) is 18.0 Å². The summed E-state index contributed by atoms with van der Waals surface area (Å²) >= 11 is 0. The van der Waals surface area contributed by atoms with Gasteiger partial charge in [-0.15, -0.1) is 0 Å². The smallest absolute Gasteiger partial charge is 0.459 e. The van der Waals surface area contributed by atoms with E-state index in [9.17, 15) is 19.6 Å². The number of ether oxygens (including phenoxy) is 2. The molecule has 1 aromatic heterocycles. The van der Waals surface area contributed by atoms with Gasteiger partial charge in [-0.3, -0.25) is 14.3 Å². The number of aliphatic hydroxyl groups excluding tert-OH is 2. The monoisotopic (exact) mass is 480 g/mol. The SMILES string of the molecule is CC(C)OC(=O)[C@H](C)N[P@](=O)(OCC1OC(c2cccnc2)[C@H](O)[C@@H]1O)Oc1ccccc1. The Bertz CT molecular complexity index is 946. The van der Waals surface area contributed by atoms with Crippen molar-refractivity contribution in [2.75, 3.05) is 6.61 Å². The summed E-state index contributed by atoms with van der Waals surface area (Å²) < 4.78 is 35.5. The molecule has 0 aliphatic carbocycles. The molecule has 0 saturated carbocycles. The molecular formula is C22H29N2O8P. The van der Waals surface area contributed by atoms with Gasteiger partial charge in [-0.25, -0.2) is 4.57 Å². The van der Waals surface area contributed by atoms with Crippen molar-refractivity contribution in [3.63, 3.8) is 0 Å². The highest BCUT2D eigenvalue weighted by Crippen LogP contribution is 2.46. The lowest BCUT2D eigenvalue weighted by Crippen LogP contribution is -2.38. The van der Waals surface area contributed by atoms with Crippen LogP contribution >= 0.6 is 7.75 Å². The van der Waals surface area contributed by atoms with Gasteiger partial charge < -0.3 is 24.2 Å². The van der Waals surface area contributed by atoms with E-state index in [-0.39, 0.29) is 18.5 Å².